The fourth-order valence-corrected chi connectivity index (χ4v) is 5.46. The van der Waals surface area contributed by atoms with Gasteiger partial charge in [-0.25, -0.2) is 13.2 Å². The largest absolute Gasteiger partial charge is 1.00 e. The third-order valence-electron chi connectivity index (χ3n) is 6.18. The molecule has 0 aliphatic carbocycles. The molecule has 246 valence electrons. The molecule has 0 radical (unpaired) electrons. The number of carbonyl (C=O) groups is 2. The summed E-state index contributed by atoms with van der Waals surface area (Å²) in [6.45, 7) is 1.53. The van der Waals surface area contributed by atoms with Crippen molar-refractivity contribution in [3.05, 3.63) is 86.1 Å². The van der Waals surface area contributed by atoms with Crippen LogP contribution in [0.15, 0.2) is 80.9 Å². The number of amides is 3. The maximum Gasteiger partial charge on any atom is 1.00 e. The molecule has 1 unspecified atom stereocenters. The van der Waals surface area contributed by atoms with Gasteiger partial charge in [0.05, 0.1) is 37.0 Å². The van der Waals surface area contributed by atoms with E-state index in [4.69, 9.17) is 34.8 Å². The quantitative estimate of drug-likeness (QED) is 0.0736. The number of nitrogens with one attached hydrogen (secondary N) is 3. The van der Waals surface area contributed by atoms with E-state index >= 15 is 0 Å². The van der Waals surface area contributed by atoms with E-state index in [0.717, 1.165) is 17.1 Å². The van der Waals surface area contributed by atoms with Crippen LogP contribution in [0.4, 0.5) is 45.1 Å². The Kier molecular flexibility index (Phi) is 11.8. The first-order chi connectivity index (χ1) is 22.7. The number of nitro benzene ring substituents is 1. The molecule has 0 saturated heterocycles. The molecule has 0 fully saturated rings. The number of halogens is 3. The minimum absolute atomic E-state index is 0. The van der Waals surface area contributed by atoms with Crippen molar-refractivity contribution in [1.82, 2.24) is 15.0 Å². The van der Waals surface area contributed by atoms with Crippen LogP contribution in [0.5, 0.6) is 0 Å². The summed E-state index contributed by atoms with van der Waals surface area (Å²) in [6, 6.07) is 11.5. The maximum absolute atomic E-state index is 13.1. The number of nitrogens with zero attached hydrogens (tertiary/aromatic N) is 8. The summed E-state index contributed by atoms with van der Waals surface area (Å²) in [5.74, 6) is -0.856. The number of non-ortho nitro benzene ring substituents is 1. The summed E-state index contributed by atoms with van der Waals surface area (Å²) >= 11 is 18.1. The van der Waals surface area contributed by atoms with E-state index in [1.54, 1.807) is 24.3 Å². The first-order valence-corrected chi connectivity index (χ1v) is 15.6. The molecule has 1 aromatic heterocycles. The number of hydrogen-bond acceptors (Lipinski definition) is 14. The molecule has 3 aromatic carbocycles. The minimum Gasteiger partial charge on any atom is -0.744 e. The number of rotatable bonds is 9. The molecule has 1 aliphatic heterocycles. The van der Waals surface area contributed by atoms with Crippen LogP contribution in [-0.2, 0) is 14.9 Å². The van der Waals surface area contributed by atoms with Gasteiger partial charge in [0.1, 0.15) is 10.1 Å². The van der Waals surface area contributed by atoms with E-state index in [9.17, 15) is 32.7 Å². The van der Waals surface area contributed by atoms with Crippen LogP contribution in [0.25, 0.3) is 0 Å². The Morgan fingerprint density at radius 3 is 2.20 bits per heavy atom. The molecule has 1 aliphatic rings. The fraction of sp³-hybridized carbons (Fsp3) is 0.0769. The number of hydrogen-bond donors (Lipinski definition) is 3. The van der Waals surface area contributed by atoms with E-state index in [1.165, 1.54) is 31.2 Å². The molecule has 0 spiro atoms. The molecule has 2 heterocycles. The number of urea groups is 1. The summed E-state index contributed by atoms with van der Waals surface area (Å²) in [4.78, 5) is 46.9. The molecule has 49 heavy (non-hydrogen) atoms. The van der Waals surface area contributed by atoms with Crippen molar-refractivity contribution in [1.29, 1.82) is 0 Å². The van der Waals surface area contributed by atoms with Crippen molar-refractivity contribution >= 4 is 103 Å². The van der Waals surface area contributed by atoms with E-state index in [2.05, 4.69) is 46.2 Å². The van der Waals surface area contributed by atoms with Crippen LogP contribution in [0.1, 0.15) is 6.92 Å². The molecular formula is C26H17Cl3N11NaO7S. The SMILES string of the molecule is CC1=NN(c2cc(Cl)c(S(=O)(=O)[O-])cc2Cl)C(=O)C1N=Nc1ccc(Nc2nc(Cl)nc(NC(=O)Nc3ccc([N+](=O)[O-])cc3)n2)cc1.[Na+]. The second-order valence-electron chi connectivity index (χ2n) is 9.50. The molecular weight excluding hydrogens is 740 g/mol. The molecule has 1 atom stereocenters. The van der Waals surface area contributed by atoms with Crippen LogP contribution in [0.3, 0.4) is 0 Å². The molecule has 5 rings (SSSR count). The smallest absolute Gasteiger partial charge is 0.744 e. The van der Waals surface area contributed by atoms with Crippen LogP contribution in [0.2, 0.25) is 15.3 Å². The third-order valence-corrected chi connectivity index (χ3v) is 7.95. The van der Waals surface area contributed by atoms with Crippen molar-refractivity contribution in [3.63, 3.8) is 0 Å². The van der Waals surface area contributed by atoms with Crippen LogP contribution >= 0.6 is 34.8 Å². The summed E-state index contributed by atoms with van der Waals surface area (Å²) in [5, 5.41) is 30.9. The number of anilines is 5. The Bertz CT molecular complexity index is 2120. The summed E-state index contributed by atoms with van der Waals surface area (Å²) in [7, 11) is -4.90. The standard InChI is InChI=1S/C26H18Cl3N11O7S.Na/c1-12-21(22(41)39(38-12)19-10-18(28)20(11-17(19)27)48(45,46)47)37-36-15-4-2-13(3-5-15)30-24-32-23(29)33-25(34-24)35-26(42)31-14-6-8-16(9-7-14)40(43)44;/h2-11,21H,1H3,(H,45,46,47)(H3,30,31,32,33,34,35,42);/q;+1/p-1. The second-order valence-corrected chi connectivity index (χ2v) is 12.0. The Hall–Kier alpha value is -4.34. The van der Waals surface area contributed by atoms with Gasteiger partial charge >= 0.3 is 35.6 Å². The third kappa shape index (κ3) is 9.22. The zero-order chi connectivity index (χ0) is 34.7. The van der Waals surface area contributed by atoms with Crippen molar-refractivity contribution in [2.75, 3.05) is 21.0 Å². The monoisotopic (exact) mass is 755 g/mol. The molecule has 3 N–H and O–H groups in total. The first kappa shape index (κ1) is 37.5. The number of azo groups is 1. The summed E-state index contributed by atoms with van der Waals surface area (Å²) in [6.07, 6.45) is 0. The maximum atomic E-state index is 13.1. The van der Waals surface area contributed by atoms with Gasteiger partial charge in [-0.1, -0.05) is 23.2 Å². The summed E-state index contributed by atoms with van der Waals surface area (Å²) in [5.41, 5.74) is 1.18. The molecule has 0 saturated carbocycles. The van der Waals surface area contributed by atoms with Gasteiger partial charge in [0.15, 0.2) is 6.04 Å². The zero-order valence-corrected chi connectivity index (χ0v) is 29.9. The zero-order valence-electron chi connectivity index (χ0n) is 24.8. The predicted octanol–water partition coefficient (Wildman–Crippen LogP) is 2.91. The van der Waals surface area contributed by atoms with Crippen molar-refractivity contribution in [2.24, 2.45) is 15.3 Å². The first-order valence-electron chi connectivity index (χ1n) is 13.0. The van der Waals surface area contributed by atoms with Crippen molar-refractivity contribution < 1.29 is 57.0 Å². The van der Waals surface area contributed by atoms with Gasteiger partial charge in [-0.15, -0.1) is 0 Å². The Labute approximate surface area is 313 Å². The average molecular weight is 757 g/mol. The number of hydrazone groups is 1. The van der Waals surface area contributed by atoms with Gasteiger partial charge in [0.2, 0.25) is 17.2 Å². The molecule has 18 nitrogen and oxygen atoms in total. The van der Waals surface area contributed by atoms with Crippen molar-refractivity contribution in [2.45, 2.75) is 17.9 Å². The Morgan fingerprint density at radius 1 is 0.939 bits per heavy atom. The van der Waals surface area contributed by atoms with Gasteiger partial charge in [-0.2, -0.15) is 35.3 Å². The molecule has 3 amide bonds. The predicted molar refractivity (Wildman–Crippen MR) is 174 cm³/mol. The van der Waals surface area contributed by atoms with E-state index in [0.29, 0.717) is 11.4 Å². The van der Waals surface area contributed by atoms with Crippen LogP contribution in [-0.4, -0.2) is 56.5 Å². The van der Waals surface area contributed by atoms with E-state index in [1.807, 2.05) is 0 Å². The van der Waals surface area contributed by atoms with Gasteiger partial charge in [0, 0.05) is 23.5 Å². The number of benzene rings is 3. The molecule has 23 heteroatoms. The minimum atomic E-state index is -4.90. The van der Waals surface area contributed by atoms with Gasteiger partial charge < -0.3 is 15.2 Å². The van der Waals surface area contributed by atoms with E-state index in [-0.39, 0.29) is 74.5 Å². The average Bonchev–Trinajstić information content (AvgIpc) is 3.29. The van der Waals surface area contributed by atoms with Gasteiger partial charge in [-0.3, -0.25) is 20.2 Å². The van der Waals surface area contributed by atoms with Gasteiger partial charge in [-0.05, 0) is 67.1 Å². The topological polar surface area (TPSA) is 250 Å². The van der Waals surface area contributed by atoms with Crippen LogP contribution in [0, 0.1) is 10.1 Å². The second kappa shape index (κ2) is 15.5. The Morgan fingerprint density at radius 2 is 1.57 bits per heavy atom. The summed E-state index contributed by atoms with van der Waals surface area (Å²) < 4.78 is 34.2. The normalized spacial score (nSPS) is 14.3. The Balaban J connectivity index is 0.00000541. The number of aromatic nitrogens is 3. The molecule has 0 bridgehead atoms. The molecule has 4 aromatic rings. The number of carbonyl (C=O) groups excluding carboxylic acids is 2. The number of nitro groups is 1. The van der Waals surface area contributed by atoms with Gasteiger partial charge in [0.25, 0.3) is 11.6 Å². The van der Waals surface area contributed by atoms with Crippen molar-refractivity contribution in [3.8, 4) is 0 Å². The van der Waals surface area contributed by atoms with Crippen LogP contribution < -0.4 is 50.5 Å². The fourth-order valence-electron chi connectivity index (χ4n) is 3.99. The van der Waals surface area contributed by atoms with E-state index < -0.39 is 42.9 Å².